The monoisotopic (exact) mass is 313 g/mol. The molecule has 1 aliphatic rings. The first-order valence-electron chi connectivity index (χ1n) is 5.87. The fourth-order valence-corrected chi connectivity index (χ4v) is 2.10. The summed E-state index contributed by atoms with van der Waals surface area (Å²) in [5.41, 5.74) is 0. The van der Waals surface area contributed by atoms with Crippen LogP contribution in [0.5, 0.6) is 0 Å². The maximum absolute atomic E-state index is 10.9. The highest BCUT2D eigenvalue weighted by Gasteiger charge is 2.21. The summed E-state index contributed by atoms with van der Waals surface area (Å²) >= 11 is 3.37. The second kappa shape index (κ2) is 6.15. The lowest BCUT2D eigenvalue weighted by atomic mass is 10.2. The molecule has 0 radical (unpaired) electrons. The number of halogens is 1. The van der Waals surface area contributed by atoms with Crippen molar-refractivity contribution in [2.24, 2.45) is 0 Å². The van der Waals surface area contributed by atoms with Crippen LogP contribution in [0.1, 0.15) is 6.92 Å². The molecular weight excluding hydrogens is 298 g/mol. The van der Waals surface area contributed by atoms with E-state index in [0.29, 0.717) is 13.2 Å². The van der Waals surface area contributed by atoms with Crippen LogP contribution in [0.15, 0.2) is 22.8 Å². The zero-order chi connectivity index (χ0) is 13.0. The van der Waals surface area contributed by atoms with E-state index in [1.54, 1.807) is 6.20 Å². The van der Waals surface area contributed by atoms with Gasteiger partial charge in [0.2, 0.25) is 5.91 Å². The van der Waals surface area contributed by atoms with E-state index in [-0.39, 0.29) is 12.0 Å². The predicted molar refractivity (Wildman–Crippen MR) is 72.6 cm³/mol. The fraction of sp³-hybridized carbons (Fsp3) is 0.500. The minimum absolute atomic E-state index is 0.0214. The Morgan fingerprint density at radius 3 is 3.17 bits per heavy atom. The van der Waals surface area contributed by atoms with Gasteiger partial charge in [-0.1, -0.05) is 0 Å². The molecular formula is C12H16BrN3O2. The van der Waals surface area contributed by atoms with Gasteiger partial charge in [0, 0.05) is 37.2 Å². The van der Waals surface area contributed by atoms with Crippen molar-refractivity contribution in [3.63, 3.8) is 0 Å². The van der Waals surface area contributed by atoms with Crippen LogP contribution >= 0.6 is 15.9 Å². The number of pyridine rings is 1. The summed E-state index contributed by atoms with van der Waals surface area (Å²) in [4.78, 5) is 17.4. The average Bonchev–Trinajstić information content (AvgIpc) is 2.37. The van der Waals surface area contributed by atoms with Crippen LogP contribution in [0.4, 0.5) is 5.82 Å². The number of aromatic nitrogens is 1. The molecule has 0 saturated carbocycles. The van der Waals surface area contributed by atoms with Crippen molar-refractivity contribution in [3.05, 3.63) is 22.8 Å². The molecule has 0 unspecified atom stereocenters. The number of amides is 1. The number of hydrogen-bond acceptors (Lipinski definition) is 4. The van der Waals surface area contributed by atoms with Crippen LogP contribution < -0.4 is 10.2 Å². The maximum atomic E-state index is 10.9. The zero-order valence-corrected chi connectivity index (χ0v) is 11.8. The fourth-order valence-electron chi connectivity index (χ4n) is 1.86. The van der Waals surface area contributed by atoms with Crippen LogP contribution in [0, 0.1) is 0 Å². The third-order valence-corrected chi connectivity index (χ3v) is 3.22. The number of carbonyl (C=O) groups excluding carboxylic acids is 1. The van der Waals surface area contributed by atoms with Crippen LogP contribution in [-0.4, -0.2) is 43.2 Å². The van der Waals surface area contributed by atoms with Gasteiger partial charge in [-0.05, 0) is 28.1 Å². The van der Waals surface area contributed by atoms with Crippen molar-refractivity contribution in [3.8, 4) is 0 Å². The summed E-state index contributed by atoms with van der Waals surface area (Å²) < 4.78 is 6.58. The van der Waals surface area contributed by atoms with Crippen LogP contribution in [-0.2, 0) is 9.53 Å². The molecule has 1 aromatic rings. The third kappa shape index (κ3) is 3.68. The van der Waals surface area contributed by atoms with Gasteiger partial charge in [-0.25, -0.2) is 4.98 Å². The van der Waals surface area contributed by atoms with Crippen LogP contribution in [0.3, 0.4) is 0 Å². The Balaban J connectivity index is 1.93. The molecule has 1 saturated heterocycles. The van der Waals surface area contributed by atoms with Gasteiger partial charge < -0.3 is 15.0 Å². The Morgan fingerprint density at radius 1 is 1.67 bits per heavy atom. The molecule has 1 aromatic heterocycles. The van der Waals surface area contributed by atoms with Gasteiger partial charge in [-0.3, -0.25) is 4.79 Å². The average molecular weight is 314 g/mol. The highest BCUT2D eigenvalue weighted by Crippen LogP contribution is 2.17. The predicted octanol–water partition coefficient (Wildman–Crippen LogP) is 1.19. The number of ether oxygens (including phenoxy) is 1. The van der Waals surface area contributed by atoms with Gasteiger partial charge in [-0.15, -0.1) is 0 Å². The largest absolute Gasteiger partial charge is 0.373 e. The van der Waals surface area contributed by atoms with Gasteiger partial charge >= 0.3 is 0 Å². The molecule has 2 rings (SSSR count). The second-order valence-electron chi connectivity index (χ2n) is 4.21. The quantitative estimate of drug-likeness (QED) is 0.910. The van der Waals surface area contributed by atoms with E-state index < -0.39 is 0 Å². The normalized spacial score (nSPS) is 19.7. The lowest BCUT2D eigenvalue weighted by Crippen LogP contribution is -2.47. The molecule has 0 spiro atoms. The van der Waals surface area contributed by atoms with Crippen LogP contribution in [0.25, 0.3) is 0 Å². The van der Waals surface area contributed by atoms with Crippen molar-refractivity contribution >= 4 is 27.7 Å². The summed E-state index contributed by atoms with van der Waals surface area (Å²) in [7, 11) is 0. The Bertz CT molecular complexity index is 410. The topological polar surface area (TPSA) is 54.5 Å². The SMILES string of the molecule is CC(=O)NC[C@H]1CN(c2ccc(Br)cn2)CCO1. The van der Waals surface area contributed by atoms with E-state index in [1.807, 2.05) is 12.1 Å². The zero-order valence-electron chi connectivity index (χ0n) is 10.2. The van der Waals surface area contributed by atoms with Crippen molar-refractivity contribution in [1.29, 1.82) is 0 Å². The third-order valence-electron chi connectivity index (χ3n) is 2.75. The van der Waals surface area contributed by atoms with Crippen molar-refractivity contribution in [2.75, 3.05) is 31.1 Å². The van der Waals surface area contributed by atoms with E-state index in [4.69, 9.17) is 4.74 Å². The maximum Gasteiger partial charge on any atom is 0.216 e. The minimum atomic E-state index is -0.0301. The smallest absolute Gasteiger partial charge is 0.216 e. The molecule has 1 fully saturated rings. The van der Waals surface area contributed by atoms with Gasteiger partial charge in [0.25, 0.3) is 0 Å². The molecule has 0 bridgehead atoms. The van der Waals surface area contributed by atoms with Crippen molar-refractivity contribution in [1.82, 2.24) is 10.3 Å². The molecule has 1 atom stereocenters. The Morgan fingerprint density at radius 2 is 2.50 bits per heavy atom. The molecule has 1 N–H and O–H groups in total. The minimum Gasteiger partial charge on any atom is -0.373 e. The van der Waals surface area contributed by atoms with Crippen molar-refractivity contribution in [2.45, 2.75) is 13.0 Å². The first-order valence-corrected chi connectivity index (χ1v) is 6.67. The first kappa shape index (κ1) is 13.3. The Hall–Kier alpha value is -1.14. The Kier molecular flexibility index (Phi) is 4.54. The van der Waals surface area contributed by atoms with Gasteiger partial charge in [-0.2, -0.15) is 0 Å². The number of carbonyl (C=O) groups is 1. The number of morpholine rings is 1. The molecule has 1 amide bonds. The standard InChI is InChI=1S/C12H16BrN3O2/c1-9(17)14-7-11-8-16(4-5-18-11)12-3-2-10(13)6-15-12/h2-3,6,11H,4-5,7-8H2,1H3,(H,14,17)/t11-/m0/s1. The number of rotatable bonds is 3. The van der Waals surface area contributed by atoms with Gasteiger partial charge in [0.1, 0.15) is 5.82 Å². The van der Waals surface area contributed by atoms with Gasteiger partial charge in [0.15, 0.2) is 0 Å². The number of hydrogen-bond donors (Lipinski definition) is 1. The summed E-state index contributed by atoms with van der Waals surface area (Å²) in [6, 6.07) is 3.95. The lowest BCUT2D eigenvalue weighted by Gasteiger charge is -2.33. The van der Waals surface area contributed by atoms with Gasteiger partial charge in [0.05, 0.1) is 12.7 Å². The summed E-state index contributed by atoms with van der Waals surface area (Å²) in [6.07, 6.45) is 1.81. The molecule has 0 aromatic carbocycles. The summed E-state index contributed by atoms with van der Waals surface area (Å²) in [5, 5.41) is 2.78. The number of nitrogens with one attached hydrogen (secondary N) is 1. The Labute approximate surface area is 115 Å². The number of nitrogens with zero attached hydrogens (tertiary/aromatic N) is 2. The molecule has 98 valence electrons. The summed E-state index contributed by atoms with van der Waals surface area (Å²) in [6.45, 7) is 4.28. The van der Waals surface area contributed by atoms with E-state index >= 15 is 0 Å². The summed E-state index contributed by atoms with van der Waals surface area (Å²) in [5.74, 6) is 0.909. The highest BCUT2D eigenvalue weighted by molar-refractivity contribution is 9.10. The highest BCUT2D eigenvalue weighted by atomic mass is 79.9. The van der Waals surface area contributed by atoms with E-state index in [9.17, 15) is 4.79 Å². The lowest BCUT2D eigenvalue weighted by molar-refractivity contribution is -0.119. The van der Waals surface area contributed by atoms with Crippen molar-refractivity contribution < 1.29 is 9.53 Å². The molecule has 5 nitrogen and oxygen atoms in total. The molecule has 18 heavy (non-hydrogen) atoms. The van der Waals surface area contributed by atoms with E-state index in [0.717, 1.165) is 23.4 Å². The van der Waals surface area contributed by atoms with E-state index in [2.05, 4.69) is 31.1 Å². The molecule has 0 aliphatic carbocycles. The number of anilines is 1. The second-order valence-corrected chi connectivity index (χ2v) is 5.13. The first-order chi connectivity index (χ1) is 8.65. The van der Waals surface area contributed by atoms with E-state index in [1.165, 1.54) is 6.92 Å². The molecule has 2 heterocycles. The molecule has 6 heteroatoms. The molecule has 1 aliphatic heterocycles. The van der Waals surface area contributed by atoms with Crippen LogP contribution in [0.2, 0.25) is 0 Å².